The Hall–Kier alpha value is -2.95. The van der Waals surface area contributed by atoms with Crippen LogP contribution in [0.5, 0.6) is 11.5 Å². The first-order valence-electron chi connectivity index (χ1n) is 10.3. The zero-order valence-electron chi connectivity index (χ0n) is 17.8. The van der Waals surface area contributed by atoms with Gasteiger partial charge in [-0.2, -0.15) is 0 Å². The lowest BCUT2D eigenvalue weighted by atomic mass is 10.0. The summed E-state index contributed by atoms with van der Waals surface area (Å²) in [6, 6.07) is 18.1. The van der Waals surface area contributed by atoms with E-state index in [-0.39, 0.29) is 17.8 Å². The highest BCUT2D eigenvalue weighted by Crippen LogP contribution is 2.35. The molecule has 0 amide bonds. The highest BCUT2D eigenvalue weighted by molar-refractivity contribution is 6.33. The van der Waals surface area contributed by atoms with E-state index in [0.717, 1.165) is 16.9 Å². The number of rotatable bonds is 7. The van der Waals surface area contributed by atoms with E-state index in [9.17, 15) is 4.79 Å². The molecule has 0 saturated carbocycles. The van der Waals surface area contributed by atoms with E-state index in [4.69, 9.17) is 37.1 Å². The van der Waals surface area contributed by atoms with Crippen LogP contribution in [0.15, 0.2) is 69.9 Å². The molecule has 0 aliphatic heterocycles. The summed E-state index contributed by atoms with van der Waals surface area (Å²) in [7, 11) is 0. The predicted molar refractivity (Wildman–Crippen MR) is 129 cm³/mol. The fourth-order valence-corrected chi connectivity index (χ4v) is 3.69. The van der Waals surface area contributed by atoms with E-state index < -0.39 is 0 Å². The maximum absolute atomic E-state index is 13.3. The van der Waals surface area contributed by atoms with Crippen molar-refractivity contribution >= 4 is 34.2 Å². The third-order valence-electron chi connectivity index (χ3n) is 5.20. The van der Waals surface area contributed by atoms with Crippen LogP contribution >= 0.6 is 23.2 Å². The molecule has 0 aliphatic carbocycles. The lowest BCUT2D eigenvalue weighted by Gasteiger charge is -2.14. The summed E-state index contributed by atoms with van der Waals surface area (Å²) in [5.41, 5.74) is 2.95. The van der Waals surface area contributed by atoms with E-state index in [2.05, 4.69) is 0 Å². The summed E-state index contributed by atoms with van der Waals surface area (Å²) in [6.07, 6.45) is 0.578. The average Bonchev–Trinajstić information content (AvgIpc) is 2.78. The maximum atomic E-state index is 13.3. The van der Waals surface area contributed by atoms with Crippen molar-refractivity contribution in [1.82, 2.24) is 0 Å². The Morgan fingerprint density at radius 2 is 1.56 bits per heavy atom. The molecule has 0 saturated heterocycles. The summed E-state index contributed by atoms with van der Waals surface area (Å²) in [5.74, 6) is 1.21. The first-order valence-corrected chi connectivity index (χ1v) is 11.0. The number of benzene rings is 3. The number of hydrogen-bond acceptors (Lipinski definition) is 4. The number of hydrogen-bond donors (Lipinski definition) is 0. The molecule has 4 nitrogen and oxygen atoms in total. The smallest absolute Gasteiger partial charge is 0.235 e. The zero-order chi connectivity index (χ0) is 22.7. The van der Waals surface area contributed by atoms with Gasteiger partial charge in [-0.1, -0.05) is 35.3 Å². The second-order valence-electron chi connectivity index (χ2n) is 7.51. The normalized spacial score (nSPS) is 11.0. The van der Waals surface area contributed by atoms with Crippen molar-refractivity contribution in [3.05, 3.63) is 92.1 Å². The van der Waals surface area contributed by atoms with Gasteiger partial charge in [-0.15, -0.1) is 0 Å². The van der Waals surface area contributed by atoms with Gasteiger partial charge < -0.3 is 13.9 Å². The van der Waals surface area contributed by atoms with Gasteiger partial charge in [0, 0.05) is 17.0 Å². The van der Waals surface area contributed by atoms with Gasteiger partial charge in [0.25, 0.3) is 0 Å². The van der Waals surface area contributed by atoms with Crippen LogP contribution in [0.2, 0.25) is 10.0 Å². The summed E-state index contributed by atoms with van der Waals surface area (Å²) >= 11 is 12.3. The van der Waals surface area contributed by atoms with Crippen molar-refractivity contribution in [2.75, 3.05) is 13.2 Å². The molecule has 0 atom stereocenters. The Morgan fingerprint density at radius 1 is 0.875 bits per heavy atom. The van der Waals surface area contributed by atoms with Crippen molar-refractivity contribution in [1.29, 1.82) is 0 Å². The predicted octanol–water partition coefficient (Wildman–Crippen LogP) is 7.23. The Balaban J connectivity index is 1.61. The van der Waals surface area contributed by atoms with Gasteiger partial charge in [-0.25, -0.2) is 0 Å². The van der Waals surface area contributed by atoms with Crippen LogP contribution in [0.3, 0.4) is 0 Å². The fraction of sp³-hybridized carbons (Fsp3) is 0.192. The fourth-order valence-electron chi connectivity index (χ4n) is 3.34. The quantitative estimate of drug-likeness (QED) is 0.268. The minimum absolute atomic E-state index is 0.153. The summed E-state index contributed by atoms with van der Waals surface area (Å²) < 4.78 is 17.8. The molecule has 32 heavy (non-hydrogen) atoms. The standard InChI is InChI=1S/C26H22Cl2O4/c1-16-14-21-23(15-17(16)2)32-25(20-6-3-4-7-22(20)28)26(24(21)29)31-13-5-12-30-19-10-8-18(27)9-11-19/h3-4,6-11,14-15H,5,12-13H2,1-2H3. The Morgan fingerprint density at radius 3 is 2.31 bits per heavy atom. The van der Waals surface area contributed by atoms with Crippen LogP contribution in [0.1, 0.15) is 17.5 Å². The van der Waals surface area contributed by atoms with E-state index in [1.165, 1.54) is 0 Å². The molecule has 0 aliphatic rings. The van der Waals surface area contributed by atoms with E-state index in [1.54, 1.807) is 30.3 Å². The molecule has 1 heterocycles. The SMILES string of the molecule is Cc1cc2oc(-c3ccccc3Cl)c(OCCCOc3ccc(Cl)cc3)c(=O)c2cc1C. The molecule has 0 spiro atoms. The van der Waals surface area contributed by atoms with Crippen LogP contribution in [-0.2, 0) is 0 Å². The molecule has 0 radical (unpaired) electrons. The summed E-state index contributed by atoms with van der Waals surface area (Å²) in [5, 5.41) is 1.62. The second-order valence-corrected chi connectivity index (χ2v) is 8.35. The number of aryl methyl sites for hydroxylation is 2. The monoisotopic (exact) mass is 468 g/mol. The van der Waals surface area contributed by atoms with Gasteiger partial charge in [0.1, 0.15) is 11.3 Å². The Labute approximate surface area is 196 Å². The van der Waals surface area contributed by atoms with E-state index >= 15 is 0 Å². The lowest BCUT2D eigenvalue weighted by molar-refractivity contribution is 0.244. The second kappa shape index (κ2) is 9.68. The first kappa shape index (κ1) is 22.3. The maximum Gasteiger partial charge on any atom is 0.235 e. The van der Waals surface area contributed by atoms with Crippen LogP contribution in [0.4, 0.5) is 0 Å². The third kappa shape index (κ3) is 4.77. The number of ether oxygens (including phenoxy) is 2. The molecule has 4 rings (SSSR count). The molecule has 3 aromatic carbocycles. The highest BCUT2D eigenvalue weighted by Gasteiger charge is 2.20. The van der Waals surface area contributed by atoms with Crippen LogP contribution < -0.4 is 14.9 Å². The zero-order valence-corrected chi connectivity index (χ0v) is 19.3. The van der Waals surface area contributed by atoms with E-state index in [0.29, 0.717) is 45.4 Å². The minimum Gasteiger partial charge on any atom is -0.493 e. The largest absolute Gasteiger partial charge is 0.493 e. The Bertz CT molecular complexity index is 1310. The van der Waals surface area contributed by atoms with Gasteiger partial charge in [-0.05, 0) is 73.5 Å². The lowest BCUT2D eigenvalue weighted by Crippen LogP contribution is -2.13. The Kier molecular flexibility index (Phi) is 6.73. The van der Waals surface area contributed by atoms with Gasteiger partial charge in [0.15, 0.2) is 5.76 Å². The molecule has 0 unspecified atom stereocenters. The first-order chi connectivity index (χ1) is 15.4. The van der Waals surface area contributed by atoms with Crippen LogP contribution in [0.25, 0.3) is 22.3 Å². The summed E-state index contributed by atoms with van der Waals surface area (Å²) in [4.78, 5) is 13.3. The number of halogens is 2. The average molecular weight is 469 g/mol. The molecule has 4 aromatic rings. The molecular weight excluding hydrogens is 447 g/mol. The summed E-state index contributed by atoms with van der Waals surface area (Å²) in [6.45, 7) is 4.66. The van der Waals surface area contributed by atoms with Crippen molar-refractivity contribution in [2.45, 2.75) is 20.3 Å². The van der Waals surface area contributed by atoms with Gasteiger partial charge in [0.2, 0.25) is 11.2 Å². The molecular formula is C26H22Cl2O4. The molecule has 0 fully saturated rings. The van der Waals surface area contributed by atoms with Crippen molar-refractivity contribution in [2.24, 2.45) is 0 Å². The van der Waals surface area contributed by atoms with Gasteiger partial charge >= 0.3 is 0 Å². The topological polar surface area (TPSA) is 48.7 Å². The molecule has 1 aromatic heterocycles. The van der Waals surface area contributed by atoms with Crippen LogP contribution in [0, 0.1) is 13.8 Å². The van der Waals surface area contributed by atoms with Crippen molar-refractivity contribution < 1.29 is 13.9 Å². The van der Waals surface area contributed by atoms with Crippen LogP contribution in [-0.4, -0.2) is 13.2 Å². The van der Waals surface area contributed by atoms with Crippen molar-refractivity contribution in [3.8, 4) is 22.8 Å². The molecule has 164 valence electrons. The third-order valence-corrected chi connectivity index (χ3v) is 5.78. The van der Waals surface area contributed by atoms with Gasteiger partial charge in [-0.3, -0.25) is 4.79 Å². The molecule has 6 heteroatoms. The minimum atomic E-state index is -0.220. The van der Waals surface area contributed by atoms with Crippen molar-refractivity contribution in [3.63, 3.8) is 0 Å². The van der Waals surface area contributed by atoms with Gasteiger partial charge in [0.05, 0.1) is 23.6 Å². The van der Waals surface area contributed by atoms with E-state index in [1.807, 2.05) is 44.2 Å². The molecule has 0 N–H and O–H groups in total. The molecule has 0 bridgehead atoms. The highest BCUT2D eigenvalue weighted by atomic mass is 35.5. The number of fused-ring (bicyclic) bond motifs is 1.